The third-order valence-electron chi connectivity index (χ3n) is 4.13. The molecule has 0 N–H and O–H groups in total. The van der Waals surface area contributed by atoms with E-state index in [0.717, 1.165) is 44.7 Å². The van der Waals surface area contributed by atoms with Crippen LogP contribution in [0.1, 0.15) is 25.7 Å². The fraction of sp³-hybridized carbons (Fsp3) is 0.533. The molecule has 0 atom stereocenters. The maximum atomic E-state index is 9.06. The molecule has 2 heterocycles. The number of piperidine rings is 1. The largest absolute Gasteiger partial charge is 0.341 e. The van der Waals surface area contributed by atoms with Gasteiger partial charge in [-0.15, -0.1) is 0 Å². The Bertz CT molecular complexity index is 534. The second-order valence-corrected chi connectivity index (χ2v) is 6.09. The number of hydrogen-bond acceptors (Lipinski definition) is 4. The fourth-order valence-electron chi connectivity index (χ4n) is 2.53. The Morgan fingerprint density at radius 3 is 2.50 bits per heavy atom. The van der Waals surface area contributed by atoms with Gasteiger partial charge >= 0.3 is 0 Å². The maximum absolute atomic E-state index is 9.06. The van der Waals surface area contributed by atoms with E-state index in [-0.39, 0.29) is 5.41 Å². The van der Waals surface area contributed by atoms with Crippen molar-refractivity contribution in [3.05, 3.63) is 29.6 Å². The lowest BCUT2D eigenvalue weighted by atomic mass is 9.94. The minimum Gasteiger partial charge on any atom is -0.341 e. The normalized spacial score (nSPS) is 21.9. The molecule has 1 aromatic heterocycles. The molecule has 104 valence electrons. The minimum atomic E-state index is -0.129. The summed E-state index contributed by atoms with van der Waals surface area (Å²) in [4.78, 5) is 10.7. The summed E-state index contributed by atoms with van der Waals surface area (Å²) in [5.74, 6) is 1.33. The van der Waals surface area contributed by atoms with Crippen molar-refractivity contribution in [1.82, 2.24) is 9.97 Å². The maximum Gasteiger partial charge on any atom is 0.225 e. The van der Waals surface area contributed by atoms with Crippen molar-refractivity contribution in [2.45, 2.75) is 25.7 Å². The third-order valence-corrected chi connectivity index (χ3v) is 4.32. The monoisotopic (exact) mass is 288 g/mol. The second kappa shape index (κ2) is 5.41. The molecule has 1 saturated carbocycles. The molecule has 20 heavy (non-hydrogen) atoms. The van der Waals surface area contributed by atoms with E-state index in [1.54, 1.807) is 12.4 Å². The Hall–Kier alpha value is -1.60. The summed E-state index contributed by atoms with van der Waals surface area (Å²) in [6, 6.07) is 2.40. The highest BCUT2D eigenvalue weighted by atomic mass is 35.5. The van der Waals surface area contributed by atoms with E-state index < -0.39 is 0 Å². The molecule has 1 aliphatic carbocycles. The van der Waals surface area contributed by atoms with Crippen LogP contribution in [0, 0.1) is 22.7 Å². The van der Waals surface area contributed by atoms with Crippen molar-refractivity contribution in [2.24, 2.45) is 11.3 Å². The summed E-state index contributed by atoms with van der Waals surface area (Å²) in [5, 5.41) is 9.63. The average molecular weight is 289 g/mol. The van der Waals surface area contributed by atoms with Crippen molar-refractivity contribution in [3.8, 4) is 6.07 Å². The summed E-state index contributed by atoms with van der Waals surface area (Å²) in [6.45, 7) is 1.91. The van der Waals surface area contributed by atoms with Crippen LogP contribution in [0.2, 0.25) is 5.02 Å². The summed E-state index contributed by atoms with van der Waals surface area (Å²) in [7, 11) is 0. The van der Waals surface area contributed by atoms with Crippen LogP contribution < -0.4 is 4.90 Å². The van der Waals surface area contributed by atoms with Crippen LogP contribution in [0.5, 0.6) is 0 Å². The SMILES string of the molecule is N#CC1(C=CC2CCN(c3ncc(Cl)cn3)CC2)CC1. The smallest absolute Gasteiger partial charge is 0.225 e. The highest BCUT2D eigenvalue weighted by molar-refractivity contribution is 6.30. The standard InChI is InChI=1S/C15H17ClN4/c16-13-9-18-14(19-10-13)20-7-2-12(3-8-20)1-4-15(11-17)5-6-15/h1,4,9-10,12H,2-3,5-8H2. The van der Waals surface area contributed by atoms with E-state index in [1.807, 2.05) is 0 Å². The van der Waals surface area contributed by atoms with Crippen molar-refractivity contribution >= 4 is 17.5 Å². The van der Waals surface area contributed by atoms with Crippen LogP contribution in [0.15, 0.2) is 24.5 Å². The van der Waals surface area contributed by atoms with Gasteiger partial charge in [0.05, 0.1) is 28.9 Å². The number of aromatic nitrogens is 2. The van der Waals surface area contributed by atoms with E-state index in [4.69, 9.17) is 16.9 Å². The molecule has 0 aromatic carbocycles. The van der Waals surface area contributed by atoms with E-state index in [2.05, 4.69) is 33.1 Å². The fourth-order valence-corrected chi connectivity index (χ4v) is 2.63. The zero-order chi connectivity index (χ0) is 14.0. The molecule has 3 rings (SSSR count). The Morgan fingerprint density at radius 1 is 1.30 bits per heavy atom. The topological polar surface area (TPSA) is 52.8 Å². The Balaban J connectivity index is 1.55. The first kappa shape index (κ1) is 13.4. The van der Waals surface area contributed by atoms with Gasteiger partial charge < -0.3 is 4.90 Å². The molecule has 4 nitrogen and oxygen atoms in total. The molecule has 2 fully saturated rings. The van der Waals surface area contributed by atoms with Crippen LogP contribution in [-0.2, 0) is 0 Å². The van der Waals surface area contributed by atoms with Gasteiger partial charge in [-0.25, -0.2) is 9.97 Å². The zero-order valence-corrected chi connectivity index (χ0v) is 12.1. The lowest BCUT2D eigenvalue weighted by Crippen LogP contribution is -2.34. The Labute approximate surface area is 124 Å². The predicted octanol–water partition coefficient (Wildman–Crippen LogP) is 3.21. The first-order chi connectivity index (χ1) is 9.71. The van der Waals surface area contributed by atoms with E-state index >= 15 is 0 Å². The molecule has 2 aliphatic rings. The van der Waals surface area contributed by atoms with Gasteiger partial charge in [-0.05, 0) is 31.6 Å². The van der Waals surface area contributed by atoms with E-state index in [1.165, 1.54) is 0 Å². The second-order valence-electron chi connectivity index (χ2n) is 5.65. The highest BCUT2D eigenvalue weighted by Gasteiger charge is 2.40. The predicted molar refractivity (Wildman–Crippen MR) is 78.4 cm³/mol. The van der Waals surface area contributed by atoms with Gasteiger partial charge in [0.15, 0.2) is 0 Å². The molecular weight excluding hydrogens is 272 g/mol. The Morgan fingerprint density at radius 2 is 1.95 bits per heavy atom. The number of hydrogen-bond donors (Lipinski definition) is 0. The molecule has 1 aliphatic heterocycles. The highest BCUT2D eigenvalue weighted by Crippen LogP contribution is 2.46. The van der Waals surface area contributed by atoms with Gasteiger partial charge in [0, 0.05) is 13.1 Å². The van der Waals surface area contributed by atoms with Crippen LogP contribution in [0.3, 0.4) is 0 Å². The lowest BCUT2D eigenvalue weighted by molar-refractivity contribution is 0.471. The number of anilines is 1. The Kier molecular flexibility index (Phi) is 3.62. The van der Waals surface area contributed by atoms with Crippen molar-refractivity contribution in [1.29, 1.82) is 5.26 Å². The molecule has 1 saturated heterocycles. The van der Waals surface area contributed by atoms with E-state index in [9.17, 15) is 0 Å². The van der Waals surface area contributed by atoms with Gasteiger partial charge in [-0.1, -0.05) is 23.8 Å². The number of nitrogens with zero attached hydrogens (tertiary/aromatic N) is 4. The summed E-state index contributed by atoms with van der Waals surface area (Å²) in [5.41, 5.74) is -0.129. The molecule has 1 aromatic rings. The molecular formula is C15H17ClN4. The zero-order valence-electron chi connectivity index (χ0n) is 11.3. The van der Waals surface area contributed by atoms with Gasteiger partial charge in [-0.2, -0.15) is 5.26 Å². The minimum absolute atomic E-state index is 0.129. The van der Waals surface area contributed by atoms with Crippen molar-refractivity contribution in [2.75, 3.05) is 18.0 Å². The van der Waals surface area contributed by atoms with Crippen LogP contribution >= 0.6 is 11.6 Å². The molecule has 0 bridgehead atoms. The summed E-state index contributed by atoms with van der Waals surface area (Å²) < 4.78 is 0. The molecule has 0 spiro atoms. The van der Waals surface area contributed by atoms with Gasteiger partial charge in [0.2, 0.25) is 5.95 Å². The molecule has 0 amide bonds. The summed E-state index contributed by atoms with van der Waals surface area (Å²) in [6.07, 6.45) is 11.9. The summed E-state index contributed by atoms with van der Waals surface area (Å²) >= 11 is 5.80. The average Bonchev–Trinajstić information content (AvgIpc) is 3.27. The first-order valence-electron chi connectivity index (χ1n) is 7.04. The number of halogens is 1. The van der Waals surface area contributed by atoms with Gasteiger partial charge in [-0.3, -0.25) is 0 Å². The first-order valence-corrected chi connectivity index (χ1v) is 7.42. The van der Waals surface area contributed by atoms with Crippen LogP contribution in [0.25, 0.3) is 0 Å². The van der Waals surface area contributed by atoms with Crippen molar-refractivity contribution < 1.29 is 0 Å². The van der Waals surface area contributed by atoms with E-state index in [0.29, 0.717) is 10.9 Å². The van der Waals surface area contributed by atoms with Crippen LogP contribution in [-0.4, -0.2) is 23.1 Å². The third kappa shape index (κ3) is 2.94. The molecule has 5 heteroatoms. The van der Waals surface area contributed by atoms with Gasteiger partial charge in [0.25, 0.3) is 0 Å². The number of allylic oxidation sites excluding steroid dienone is 2. The lowest BCUT2D eigenvalue weighted by Gasteiger charge is -2.30. The molecule has 0 radical (unpaired) electrons. The molecule has 0 unspecified atom stereocenters. The van der Waals surface area contributed by atoms with Gasteiger partial charge in [0.1, 0.15) is 0 Å². The number of rotatable bonds is 3. The van der Waals surface area contributed by atoms with Crippen molar-refractivity contribution in [3.63, 3.8) is 0 Å². The quantitative estimate of drug-likeness (QED) is 0.802. The van der Waals surface area contributed by atoms with Crippen LogP contribution in [0.4, 0.5) is 5.95 Å². The number of nitriles is 1.